The maximum Gasteiger partial charge on any atom is 0.472 e. The van der Waals surface area contributed by atoms with E-state index < -0.39 is 26.5 Å². The van der Waals surface area contributed by atoms with Crippen LogP contribution in [-0.4, -0.2) is 74.9 Å². The Kier molecular flexibility index (Phi) is 69.3. The van der Waals surface area contributed by atoms with Crippen LogP contribution in [0, 0.1) is 0 Å². The van der Waals surface area contributed by atoms with Crippen LogP contribution in [0.25, 0.3) is 0 Å². The number of unbranched alkanes of at least 4 members (excludes halogenated alkanes) is 39. The number of hydrogen-bond acceptors (Lipinski definition) is 7. The maximum absolute atomic E-state index is 12.9. The van der Waals surface area contributed by atoms with Gasteiger partial charge < -0.3 is 18.9 Å². The molecule has 532 valence electrons. The van der Waals surface area contributed by atoms with Crippen LogP contribution in [-0.2, 0) is 32.7 Å². The van der Waals surface area contributed by atoms with Gasteiger partial charge in [0.2, 0.25) is 0 Å². The standard InChI is InChI=1S/C82H146NO8P/c1-6-8-10-12-14-16-18-20-22-24-26-28-30-32-34-36-37-38-39-40-41-42-43-44-45-47-48-50-52-54-56-58-60-62-64-66-68-70-72-74-81(84)88-78-80(79-90-92(86,87)89-77-76-83(3,4)5)91-82(85)75-73-71-69-67-65-63-61-59-57-55-53-51-49-46-35-33-31-29-27-25-23-21-19-17-15-13-11-9-7-2/h9,11,15,17,21,23-24,26-27,29,33,35,49,51,55,57,61,63,80H,6-8,10,12-14,16,18-20,22,25,28,30-32,34,36-48,50,52-54,56,58-60,62,64-79H2,1-5H3/p+1/b11-9-,17-15-,23-21-,26-24-,29-27-,35-33-,51-49-,57-55-,63-61-. The first kappa shape index (κ1) is 88.7. The fraction of sp³-hybridized carbons (Fsp3) is 0.756. The van der Waals surface area contributed by atoms with E-state index in [0.29, 0.717) is 17.4 Å². The molecule has 0 spiro atoms. The molecule has 10 heteroatoms. The lowest BCUT2D eigenvalue weighted by molar-refractivity contribution is -0.870. The summed E-state index contributed by atoms with van der Waals surface area (Å²) >= 11 is 0. The molecule has 0 aliphatic rings. The zero-order chi connectivity index (χ0) is 66.9. The fourth-order valence-corrected chi connectivity index (χ4v) is 11.7. The van der Waals surface area contributed by atoms with Gasteiger partial charge in [0.15, 0.2) is 6.10 Å². The van der Waals surface area contributed by atoms with E-state index >= 15 is 0 Å². The van der Waals surface area contributed by atoms with Gasteiger partial charge in [0.1, 0.15) is 19.8 Å². The molecule has 0 rings (SSSR count). The summed E-state index contributed by atoms with van der Waals surface area (Å²) in [6.07, 6.45) is 102. The molecule has 9 nitrogen and oxygen atoms in total. The second-order valence-corrected chi connectivity index (χ2v) is 28.5. The zero-order valence-electron chi connectivity index (χ0n) is 60.8. The van der Waals surface area contributed by atoms with E-state index in [1.54, 1.807) is 0 Å². The molecule has 0 aromatic carbocycles. The largest absolute Gasteiger partial charge is 0.472 e. The van der Waals surface area contributed by atoms with Gasteiger partial charge >= 0.3 is 19.8 Å². The van der Waals surface area contributed by atoms with E-state index in [-0.39, 0.29) is 32.0 Å². The molecule has 0 aromatic heterocycles. The molecule has 0 saturated heterocycles. The molecule has 0 aromatic rings. The van der Waals surface area contributed by atoms with Crippen molar-refractivity contribution in [2.75, 3.05) is 47.5 Å². The number of carbonyl (C=O) groups is 2. The quantitative estimate of drug-likeness (QED) is 0.0211. The molecular formula is C82H147NO8P+. The number of allylic oxidation sites excluding steroid dienone is 18. The second kappa shape index (κ2) is 72.0. The SMILES string of the molecule is CC/C=C\C/C=C\C/C=C\C/C=C\C/C=C\C/C=C\C/C=C\C/C=C\CCCCCCC(=O)OC(COC(=O)CCCCCCCCCCCCCCCCCCCCCCCCCCCCC/C=C\CCCCCCCCCC)COP(=O)(O)OCC[N+](C)(C)C. The lowest BCUT2D eigenvalue weighted by Gasteiger charge is -2.24. The third-order valence-electron chi connectivity index (χ3n) is 16.8. The van der Waals surface area contributed by atoms with Gasteiger partial charge in [0.05, 0.1) is 27.7 Å². The number of ether oxygens (including phenoxy) is 2. The molecule has 2 unspecified atom stereocenters. The maximum atomic E-state index is 12.9. The van der Waals surface area contributed by atoms with Crippen molar-refractivity contribution in [1.82, 2.24) is 0 Å². The van der Waals surface area contributed by atoms with E-state index in [2.05, 4.69) is 123 Å². The number of hydrogen-bond donors (Lipinski definition) is 1. The number of phosphoric acid groups is 1. The van der Waals surface area contributed by atoms with Crippen LogP contribution in [0.5, 0.6) is 0 Å². The summed E-state index contributed by atoms with van der Waals surface area (Å²) in [5.74, 6) is -0.820. The molecule has 0 bridgehead atoms. The highest BCUT2D eigenvalue weighted by molar-refractivity contribution is 7.47. The molecule has 0 fully saturated rings. The molecule has 0 aliphatic carbocycles. The average Bonchev–Trinajstić information content (AvgIpc) is 2.14. The summed E-state index contributed by atoms with van der Waals surface area (Å²) < 4.78 is 34.7. The van der Waals surface area contributed by atoms with E-state index in [1.165, 1.54) is 218 Å². The highest BCUT2D eigenvalue weighted by Crippen LogP contribution is 2.43. The predicted molar refractivity (Wildman–Crippen MR) is 399 cm³/mol. The van der Waals surface area contributed by atoms with Gasteiger partial charge in [-0.1, -0.05) is 342 Å². The topological polar surface area (TPSA) is 108 Å². The molecule has 0 aliphatic heterocycles. The highest BCUT2D eigenvalue weighted by atomic mass is 31.2. The molecule has 0 heterocycles. The van der Waals surface area contributed by atoms with E-state index in [9.17, 15) is 19.0 Å². The van der Waals surface area contributed by atoms with Crippen LogP contribution >= 0.6 is 7.82 Å². The van der Waals surface area contributed by atoms with Crippen molar-refractivity contribution in [2.24, 2.45) is 0 Å². The Balaban J connectivity index is 4.00. The molecule has 0 amide bonds. The van der Waals surface area contributed by atoms with Crippen LogP contribution in [0.3, 0.4) is 0 Å². The summed E-state index contributed by atoms with van der Waals surface area (Å²) in [5, 5.41) is 0. The van der Waals surface area contributed by atoms with Gasteiger partial charge in [0, 0.05) is 12.8 Å². The fourth-order valence-electron chi connectivity index (χ4n) is 10.9. The Morgan fingerprint density at radius 1 is 0.348 bits per heavy atom. The van der Waals surface area contributed by atoms with Gasteiger partial charge in [-0.2, -0.15) is 0 Å². The van der Waals surface area contributed by atoms with Gasteiger partial charge in [0.25, 0.3) is 0 Å². The molecule has 2 atom stereocenters. The Morgan fingerprint density at radius 2 is 0.620 bits per heavy atom. The molecule has 1 N–H and O–H groups in total. The molecule has 0 saturated carbocycles. The monoisotopic (exact) mass is 1310 g/mol. The Hall–Kier alpha value is -3.33. The van der Waals surface area contributed by atoms with Crippen LogP contribution in [0.4, 0.5) is 0 Å². The molecular weight excluding hydrogens is 1160 g/mol. The Morgan fingerprint density at radius 3 is 0.935 bits per heavy atom. The smallest absolute Gasteiger partial charge is 0.462 e. The van der Waals surface area contributed by atoms with Crippen LogP contribution in [0.1, 0.15) is 348 Å². The number of quaternary nitrogens is 1. The van der Waals surface area contributed by atoms with E-state index in [4.69, 9.17) is 18.5 Å². The first-order chi connectivity index (χ1) is 45.0. The van der Waals surface area contributed by atoms with Gasteiger partial charge in [-0.3, -0.25) is 18.6 Å². The molecule has 0 radical (unpaired) electrons. The van der Waals surface area contributed by atoms with Crippen molar-refractivity contribution in [3.63, 3.8) is 0 Å². The van der Waals surface area contributed by atoms with Crippen LogP contribution in [0.2, 0.25) is 0 Å². The number of phosphoric ester groups is 1. The van der Waals surface area contributed by atoms with Crippen LogP contribution in [0.15, 0.2) is 109 Å². The summed E-state index contributed by atoms with van der Waals surface area (Å²) in [7, 11) is 1.46. The highest BCUT2D eigenvalue weighted by Gasteiger charge is 2.27. The van der Waals surface area contributed by atoms with Crippen LogP contribution < -0.4 is 0 Å². The summed E-state index contributed by atoms with van der Waals surface area (Å²) in [6, 6.07) is 0. The van der Waals surface area contributed by atoms with Gasteiger partial charge in [-0.05, 0) is 103 Å². The number of nitrogens with zero attached hydrogens (tertiary/aromatic N) is 1. The van der Waals surface area contributed by atoms with Gasteiger partial charge in [-0.15, -0.1) is 0 Å². The number of rotatable bonds is 71. The lowest BCUT2D eigenvalue weighted by atomic mass is 10.0. The number of likely N-dealkylation sites (N-methyl/N-ethyl adjacent to an activating group) is 1. The third-order valence-corrected chi connectivity index (χ3v) is 17.8. The van der Waals surface area contributed by atoms with E-state index in [1.807, 2.05) is 21.1 Å². The zero-order valence-corrected chi connectivity index (χ0v) is 61.7. The van der Waals surface area contributed by atoms with Gasteiger partial charge in [-0.25, -0.2) is 4.57 Å². The average molecular weight is 1310 g/mol. The summed E-state index contributed by atoms with van der Waals surface area (Å²) in [5.41, 5.74) is 0. The minimum absolute atomic E-state index is 0.0223. The normalized spacial score (nSPS) is 13.7. The van der Waals surface area contributed by atoms with Crippen molar-refractivity contribution >= 4 is 19.8 Å². The number of esters is 2. The Labute approximate surface area is 569 Å². The van der Waals surface area contributed by atoms with Crippen molar-refractivity contribution in [3.8, 4) is 0 Å². The molecule has 92 heavy (non-hydrogen) atoms. The minimum Gasteiger partial charge on any atom is -0.462 e. The third kappa shape index (κ3) is 75.7. The van der Waals surface area contributed by atoms with Crippen molar-refractivity contribution in [1.29, 1.82) is 0 Å². The first-order valence-electron chi connectivity index (χ1n) is 38.6. The Bertz CT molecular complexity index is 1920. The van der Waals surface area contributed by atoms with Crippen molar-refractivity contribution < 1.29 is 42.1 Å². The first-order valence-corrected chi connectivity index (χ1v) is 40.1. The lowest BCUT2D eigenvalue weighted by Crippen LogP contribution is -2.37. The number of carbonyl (C=O) groups excluding carboxylic acids is 2. The summed E-state index contributed by atoms with van der Waals surface area (Å²) in [4.78, 5) is 35.9. The minimum atomic E-state index is -4.41. The second-order valence-electron chi connectivity index (χ2n) is 27.0. The van der Waals surface area contributed by atoms with Crippen molar-refractivity contribution in [2.45, 2.75) is 354 Å². The summed E-state index contributed by atoms with van der Waals surface area (Å²) in [6.45, 7) is 4.32. The van der Waals surface area contributed by atoms with E-state index in [0.717, 1.165) is 96.3 Å². The predicted octanol–water partition coefficient (Wildman–Crippen LogP) is 25.6. The van der Waals surface area contributed by atoms with Crippen molar-refractivity contribution in [3.05, 3.63) is 109 Å².